The van der Waals surface area contributed by atoms with Gasteiger partial charge in [0.25, 0.3) is 5.91 Å². The highest BCUT2D eigenvalue weighted by atomic mass is 16.3. The Hall–Kier alpha value is -1.29. The lowest BCUT2D eigenvalue weighted by Gasteiger charge is -2.08. The molecule has 0 aromatic carbocycles. The van der Waals surface area contributed by atoms with Gasteiger partial charge < -0.3 is 14.8 Å². The average Bonchev–Trinajstić information content (AvgIpc) is 2.82. The smallest absolute Gasteiger partial charge is 0.254 e. The molecule has 4 heteroatoms. The molecule has 1 aromatic heterocycles. The van der Waals surface area contributed by atoms with Crippen molar-refractivity contribution in [3.05, 3.63) is 23.7 Å². The van der Waals surface area contributed by atoms with Crippen LogP contribution in [0.4, 0.5) is 0 Å². The Kier molecular flexibility index (Phi) is 5.77. The zero-order valence-electron chi connectivity index (χ0n) is 10.5. The van der Waals surface area contributed by atoms with Crippen LogP contribution in [-0.2, 0) is 6.42 Å². The van der Waals surface area contributed by atoms with E-state index < -0.39 is 0 Å². The van der Waals surface area contributed by atoms with Crippen molar-refractivity contribution < 1.29 is 14.3 Å². The lowest BCUT2D eigenvalue weighted by atomic mass is 10.1. The zero-order valence-corrected chi connectivity index (χ0v) is 10.5. The van der Waals surface area contributed by atoms with Gasteiger partial charge in [0.05, 0.1) is 11.8 Å². The summed E-state index contributed by atoms with van der Waals surface area (Å²) in [5.41, 5.74) is 0.628. The van der Waals surface area contributed by atoms with Gasteiger partial charge >= 0.3 is 0 Å². The largest absolute Gasteiger partial charge is 0.469 e. The van der Waals surface area contributed by atoms with Crippen LogP contribution in [-0.4, -0.2) is 24.2 Å². The first-order chi connectivity index (χ1) is 8.19. The number of aryl methyl sites for hydroxylation is 1. The molecule has 0 saturated heterocycles. The van der Waals surface area contributed by atoms with E-state index in [-0.39, 0.29) is 12.5 Å². The summed E-state index contributed by atoms with van der Waals surface area (Å²) in [5, 5.41) is 11.7. The average molecular weight is 239 g/mol. The van der Waals surface area contributed by atoms with Crippen molar-refractivity contribution in [2.45, 2.75) is 33.1 Å². The van der Waals surface area contributed by atoms with Gasteiger partial charge in [-0.3, -0.25) is 4.79 Å². The molecule has 1 unspecified atom stereocenters. The summed E-state index contributed by atoms with van der Waals surface area (Å²) in [6.45, 7) is 4.79. The maximum absolute atomic E-state index is 11.8. The fourth-order valence-corrected chi connectivity index (χ4v) is 1.66. The molecule has 96 valence electrons. The second kappa shape index (κ2) is 7.12. The Morgan fingerprint density at radius 2 is 2.35 bits per heavy atom. The van der Waals surface area contributed by atoms with E-state index in [2.05, 4.69) is 5.32 Å². The third-order valence-corrected chi connectivity index (χ3v) is 2.78. The lowest BCUT2D eigenvalue weighted by molar-refractivity contribution is 0.0950. The molecule has 1 aromatic rings. The number of amides is 1. The number of furan rings is 1. The minimum atomic E-state index is -0.0766. The Morgan fingerprint density at radius 3 is 3.00 bits per heavy atom. The molecule has 0 bridgehead atoms. The van der Waals surface area contributed by atoms with Crippen LogP contribution < -0.4 is 5.32 Å². The van der Waals surface area contributed by atoms with Gasteiger partial charge in [-0.1, -0.05) is 13.8 Å². The van der Waals surface area contributed by atoms with Crippen molar-refractivity contribution in [1.82, 2.24) is 5.32 Å². The van der Waals surface area contributed by atoms with E-state index in [4.69, 9.17) is 9.52 Å². The number of aliphatic hydroxyl groups is 1. The standard InChI is InChI=1S/C13H21NO3/c1-3-12-11(6-8-17-12)13(16)14-7-4-5-10(2)9-15/h6,8,10,15H,3-5,7,9H2,1-2H3,(H,14,16). The van der Waals surface area contributed by atoms with Crippen LogP contribution in [0.2, 0.25) is 0 Å². The molecular formula is C13H21NO3. The fourth-order valence-electron chi connectivity index (χ4n) is 1.66. The summed E-state index contributed by atoms with van der Waals surface area (Å²) in [5.74, 6) is 0.950. The molecule has 0 radical (unpaired) electrons. The molecule has 17 heavy (non-hydrogen) atoms. The maximum Gasteiger partial charge on any atom is 0.254 e. The van der Waals surface area contributed by atoms with Crippen LogP contribution >= 0.6 is 0 Å². The quantitative estimate of drug-likeness (QED) is 0.715. The Labute approximate surface area is 102 Å². The van der Waals surface area contributed by atoms with Crippen LogP contribution in [0.1, 0.15) is 42.8 Å². The third-order valence-electron chi connectivity index (χ3n) is 2.78. The van der Waals surface area contributed by atoms with Gasteiger partial charge in [0, 0.05) is 19.6 Å². The van der Waals surface area contributed by atoms with Gasteiger partial charge in [-0.2, -0.15) is 0 Å². The van der Waals surface area contributed by atoms with Crippen LogP contribution in [0, 0.1) is 5.92 Å². The zero-order chi connectivity index (χ0) is 12.7. The van der Waals surface area contributed by atoms with Crippen molar-refractivity contribution in [2.24, 2.45) is 5.92 Å². The van der Waals surface area contributed by atoms with Crippen molar-refractivity contribution in [3.63, 3.8) is 0 Å². The number of hydrogen-bond acceptors (Lipinski definition) is 3. The van der Waals surface area contributed by atoms with E-state index in [0.717, 1.165) is 25.0 Å². The minimum absolute atomic E-state index is 0.0766. The summed E-state index contributed by atoms with van der Waals surface area (Å²) in [7, 11) is 0. The molecule has 0 aliphatic carbocycles. The number of carbonyl (C=O) groups excluding carboxylic acids is 1. The maximum atomic E-state index is 11.8. The number of aliphatic hydroxyl groups excluding tert-OH is 1. The van der Waals surface area contributed by atoms with Crippen LogP contribution in [0.25, 0.3) is 0 Å². The van der Waals surface area contributed by atoms with E-state index >= 15 is 0 Å². The topological polar surface area (TPSA) is 62.5 Å². The third kappa shape index (κ3) is 4.23. The predicted molar refractivity (Wildman–Crippen MR) is 65.9 cm³/mol. The molecule has 1 rings (SSSR count). The lowest BCUT2D eigenvalue weighted by Crippen LogP contribution is -2.25. The van der Waals surface area contributed by atoms with E-state index in [1.54, 1.807) is 12.3 Å². The molecule has 0 aliphatic heterocycles. The van der Waals surface area contributed by atoms with Crippen LogP contribution in [0.3, 0.4) is 0 Å². The second-order valence-corrected chi connectivity index (χ2v) is 4.30. The van der Waals surface area contributed by atoms with E-state index in [1.807, 2.05) is 13.8 Å². The number of carbonyl (C=O) groups is 1. The first-order valence-corrected chi connectivity index (χ1v) is 6.14. The van der Waals surface area contributed by atoms with Gasteiger partial charge in [-0.05, 0) is 24.8 Å². The predicted octanol–water partition coefficient (Wildman–Crippen LogP) is 1.98. The van der Waals surface area contributed by atoms with Gasteiger partial charge in [0.15, 0.2) is 0 Å². The monoisotopic (exact) mass is 239 g/mol. The van der Waals surface area contributed by atoms with Crippen LogP contribution in [0.15, 0.2) is 16.7 Å². The summed E-state index contributed by atoms with van der Waals surface area (Å²) >= 11 is 0. The molecule has 4 nitrogen and oxygen atoms in total. The number of nitrogens with one attached hydrogen (secondary N) is 1. The highest BCUT2D eigenvalue weighted by Crippen LogP contribution is 2.11. The van der Waals surface area contributed by atoms with Crippen LogP contribution in [0.5, 0.6) is 0 Å². The molecule has 1 heterocycles. The molecule has 2 N–H and O–H groups in total. The minimum Gasteiger partial charge on any atom is -0.469 e. The van der Waals surface area contributed by atoms with E-state index in [0.29, 0.717) is 18.0 Å². The first-order valence-electron chi connectivity index (χ1n) is 6.14. The van der Waals surface area contributed by atoms with Gasteiger partial charge in [0.1, 0.15) is 5.76 Å². The molecule has 0 fully saturated rings. The summed E-state index contributed by atoms with van der Waals surface area (Å²) in [6, 6.07) is 1.70. The highest BCUT2D eigenvalue weighted by molar-refractivity contribution is 5.95. The van der Waals surface area contributed by atoms with E-state index in [1.165, 1.54) is 0 Å². The van der Waals surface area contributed by atoms with Crippen molar-refractivity contribution >= 4 is 5.91 Å². The molecular weight excluding hydrogens is 218 g/mol. The summed E-state index contributed by atoms with van der Waals surface area (Å²) in [4.78, 5) is 11.8. The first kappa shape index (κ1) is 13.8. The molecule has 0 aliphatic rings. The Morgan fingerprint density at radius 1 is 1.59 bits per heavy atom. The fraction of sp³-hybridized carbons (Fsp3) is 0.615. The molecule has 1 amide bonds. The van der Waals surface area contributed by atoms with Gasteiger partial charge in [-0.25, -0.2) is 0 Å². The molecule has 1 atom stereocenters. The Balaban J connectivity index is 2.30. The van der Waals surface area contributed by atoms with Crippen molar-refractivity contribution in [3.8, 4) is 0 Å². The Bertz CT molecular complexity index is 346. The van der Waals surface area contributed by atoms with Crippen molar-refractivity contribution in [1.29, 1.82) is 0 Å². The normalized spacial score (nSPS) is 12.4. The second-order valence-electron chi connectivity index (χ2n) is 4.30. The van der Waals surface area contributed by atoms with E-state index in [9.17, 15) is 4.79 Å². The van der Waals surface area contributed by atoms with Crippen molar-refractivity contribution in [2.75, 3.05) is 13.2 Å². The molecule has 0 spiro atoms. The summed E-state index contributed by atoms with van der Waals surface area (Å²) in [6.07, 6.45) is 4.06. The SMILES string of the molecule is CCc1occc1C(=O)NCCCC(C)CO. The van der Waals surface area contributed by atoms with Gasteiger partial charge in [-0.15, -0.1) is 0 Å². The summed E-state index contributed by atoms with van der Waals surface area (Å²) < 4.78 is 5.20. The molecule has 0 saturated carbocycles. The number of rotatable bonds is 7. The highest BCUT2D eigenvalue weighted by Gasteiger charge is 2.12. The number of hydrogen-bond donors (Lipinski definition) is 2. The van der Waals surface area contributed by atoms with Gasteiger partial charge in [0.2, 0.25) is 0 Å².